The van der Waals surface area contributed by atoms with Gasteiger partial charge in [-0.05, 0) is 65.4 Å². The van der Waals surface area contributed by atoms with Crippen LogP contribution in [0.2, 0.25) is 0 Å². The van der Waals surface area contributed by atoms with Crippen molar-refractivity contribution < 1.29 is 9.47 Å². The highest BCUT2D eigenvalue weighted by atomic mass is 16.5. The molecule has 3 aromatic heterocycles. The molecular formula is C26H22N6O3. The van der Waals surface area contributed by atoms with Crippen molar-refractivity contribution in [3.8, 4) is 22.6 Å². The van der Waals surface area contributed by atoms with Gasteiger partial charge >= 0.3 is 0 Å². The van der Waals surface area contributed by atoms with Crippen molar-refractivity contribution >= 4 is 34.4 Å². The summed E-state index contributed by atoms with van der Waals surface area (Å²) in [5.74, 6) is 1.85. The number of ether oxygens (including phenoxy) is 2. The van der Waals surface area contributed by atoms with Gasteiger partial charge in [-0.2, -0.15) is 4.98 Å². The highest BCUT2D eigenvalue weighted by Crippen LogP contribution is 2.41. The molecule has 9 nitrogen and oxygen atoms in total. The van der Waals surface area contributed by atoms with Crippen LogP contribution < -0.4 is 20.8 Å². The van der Waals surface area contributed by atoms with Gasteiger partial charge in [0.15, 0.2) is 5.65 Å². The first kappa shape index (κ1) is 20.9. The zero-order chi connectivity index (χ0) is 24.1. The summed E-state index contributed by atoms with van der Waals surface area (Å²) in [5, 5.41) is 7.10. The van der Waals surface area contributed by atoms with Crippen LogP contribution in [0, 0.1) is 0 Å². The van der Waals surface area contributed by atoms with Gasteiger partial charge < -0.3 is 15.2 Å². The number of fused-ring (bicyclic) bond motifs is 3. The molecule has 0 fully saturated rings. The number of methoxy groups -OCH3 is 2. The van der Waals surface area contributed by atoms with Gasteiger partial charge in [0.25, 0.3) is 5.56 Å². The first-order chi connectivity index (χ1) is 17.1. The van der Waals surface area contributed by atoms with Gasteiger partial charge in [0.1, 0.15) is 11.5 Å². The number of rotatable bonds is 4. The Balaban J connectivity index is 1.64. The smallest absolute Gasteiger partial charge is 0.272 e. The normalized spacial score (nSPS) is 14.1. The van der Waals surface area contributed by atoms with Crippen LogP contribution in [0.3, 0.4) is 0 Å². The molecule has 0 atom stereocenters. The van der Waals surface area contributed by atoms with Crippen molar-refractivity contribution in [1.82, 2.24) is 24.6 Å². The van der Waals surface area contributed by atoms with Crippen molar-refractivity contribution in [3.63, 3.8) is 0 Å². The van der Waals surface area contributed by atoms with Crippen molar-refractivity contribution in [2.75, 3.05) is 20.0 Å². The second-order valence-electron chi connectivity index (χ2n) is 8.34. The molecule has 3 heterocycles. The molecule has 1 aliphatic carbocycles. The van der Waals surface area contributed by atoms with E-state index in [4.69, 9.17) is 20.2 Å². The summed E-state index contributed by atoms with van der Waals surface area (Å²) in [6, 6.07) is 15.5. The molecule has 0 unspecified atom stereocenters. The number of nitrogen functional groups attached to an aromatic ring is 1. The lowest BCUT2D eigenvalue weighted by molar-refractivity contribution is 0.414. The molecule has 0 saturated heterocycles. The highest BCUT2D eigenvalue weighted by molar-refractivity contribution is 5.99. The van der Waals surface area contributed by atoms with E-state index in [2.05, 4.69) is 21.3 Å². The topological polar surface area (TPSA) is 120 Å². The summed E-state index contributed by atoms with van der Waals surface area (Å²) >= 11 is 0. The van der Waals surface area contributed by atoms with Crippen LogP contribution in [0.1, 0.15) is 23.2 Å². The SMILES string of the molecule is COc1ccc(/C=C2\CCc3c2nc2nc4[nH]nc(N)n4c(=O)c2c3-c2ccc(OC)cc2)cc1. The fraction of sp³-hybridized carbons (Fsp3) is 0.154. The minimum atomic E-state index is -0.301. The van der Waals surface area contributed by atoms with Gasteiger partial charge in [0, 0.05) is 5.56 Å². The maximum atomic E-state index is 13.6. The quantitative estimate of drug-likeness (QED) is 0.414. The zero-order valence-corrected chi connectivity index (χ0v) is 19.2. The number of nitrogens with two attached hydrogens (primary N) is 1. The Morgan fingerprint density at radius 2 is 1.66 bits per heavy atom. The van der Waals surface area contributed by atoms with Crippen LogP contribution in [0.15, 0.2) is 53.3 Å². The lowest BCUT2D eigenvalue weighted by Gasteiger charge is -2.13. The summed E-state index contributed by atoms with van der Waals surface area (Å²) in [6.07, 6.45) is 3.68. The lowest BCUT2D eigenvalue weighted by atomic mass is 9.96. The Labute approximate surface area is 199 Å². The van der Waals surface area contributed by atoms with Gasteiger partial charge in [0.05, 0.1) is 25.3 Å². The second-order valence-corrected chi connectivity index (χ2v) is 8.34. The summed E-state index contributed by atoms with van der Waals surface area (Å²) in [5.41, 5.74) is 11.7. The number of pyridine rings is 1. The number of aromatic nitrogens is 5. The first-order valence-electron chi connectivity index (χ1n) is 11.2. The van der Waals surface area contributed by atoms with Crippen LogP contribution in [-0.4, -0.2) is 38.8 Å². The third-order valence-electron chi connectivity index (χ3n) is 6.40. The van der Waals surface area contributed by atoms with E-state index in [1.165, 1.54) is 4.40 Å². The molecule has 0 bridgehead atoms. The van der Waals surface area contributed by atoms with Crippen molar-refractivity contribution in [1.29, 1.82) is 0 Å². The van der Waals surface area contributed by atoms with E-state index in [1.807, 2.05) is 48.5 Å². The van der Waals surface area contributed by atoms with Crippen molar-refractivity contribution in [2.24, 2.45) is 0 Å². The molecule has 35 heavy (non-hydrogen) atoms. The van der Waals surface area contributed by atoms with E-state index < -0.39 is 0 Å². The number of allylic oxidation sites excluding steroid dienone is 1. The largest absolute Gasteiger partial charge is 0.497 e. The number of nitrogens with zero attached hydrogens (tertiary/aromatic N) is 4. The summed E-state index contributed by atoms with van der Waals surface area (Å²) in [6.45, 7) is 0. The van der Waals surface area contributed by atoms with Crippen LogP contribution >= 0.6 is 0 Å². The van der Waals surface area contributed by atoms with E-state index in [0.29, 0.717) is 11.0 Å². The van der Waals surface area contributed by atoms with Crippen LogP contribution in [-0.2, 0) is 6.42 Å². The predicted octanol–water partition coefficient (Wildman–Crippen LogP) is 3.72. The molecule has 0 saturated carbocycles. The molecule has 0 radical (unpaired) electrons. The average Bonchev–Trinajstić information content (AvgIpc) is 3.46. The summed E-state index contributed by atoms with van der Waals surface area (Å²) < 4.78 is 11.9. The van der Waals surface area contributed by atoms with E-state index >= 15 is 0 Å². The monoisotopic (exact) mass is 466 g/mol. The fourth-order valence-corrected chi connectivity index (χ4v) is 4.70. The van der Waals surface area contributed by atoms with Gasteiger partial charge in [-0.3, -0.25) is 4.79 Å². The molecule has 1 aliphatic rings. The number of aromatic amines is 1. The summed E-state index contributed by atoms with van der Waals surface area (Å²) in [4.78, 5) is 23.1. The maximum Gasteiger partial charge on any atom is 0.272 e. The van der Waals surface area contributed by atoms with E-state index in [1.54, 1.807) is 14.2 Å². The molecule has 2 aromatic carbocycles. The third-order valence-corrected chi connectivity index (χ3v) is 6.40. The Morgan fingerprint density at radius 1 is 0.971 bits per heavy atom. The van der Waals surface area contributed by atoms with E-state index in [-0.39, 0.29) is 17.3 Å². The van der Waals surface area contributed by atoms with Crippen LogP contribution in [0.5, 0.6) is 11.5 Å². The second kappa shape index (κ2) is 7.98. The van der Waals surface area contributed by atoms with Gasteiger partial charge in [-0.25, -0.2) is 14.5 Å². The third kappa shape index (κ3) is 3.31. The number of nitrogens with one attached hydrogen (secondary N) is 1. The van der Waals surface area contributed by atoms with Gasteiger partial charge in [-0.15, -0.1) is 5.10 Å². The Kier molecular flexibility index (Phi) is 4.77. The number of anilines is 1. The highest BCUT2D eigenvalue weighted by Gasteiger charge is 2.27. The number of benzene rings is 2. The fourth-order valence-electron chi connectivity index (χ4n) is 4.70. The molecule has 6 rings (SSSR count). The molecule has 174 valence electrons. The molecule has 3 N–H and O–H groups in total. The number of hydrogen-bond acceptors (Lipinski definition) is 7. The predicted molar refractivity (Wildman–Crippen MR) is 134 cm³/mol. The average molecular weight is 467 g/mol. The van der Waals surface area contributed by atoms with Crippen LogP contribution in [0.25, 0.3) is 39.6 Å². The minimum Gasteiger partial charge on any atom is -0.497 e. The van der Waals surface area contributed by atoms with Crippen molar-refractivity contribution in [2.45, 2.75) is 12.8 Å². The Hall–Kier alpha value is -4.66. The zero-order valence-electron chi connectivity index (χ0n) is 19.2. The molecule has 5 aromatic rings. The molecule has 0 spiro atoms. The van der Waals surface area contributed by atoms with Crippen molar-refractivity contribution in [3.05, 3.63) is 75.7 Å². The molecular weight excluding hydrogens is 444 g/mol. The standard InChI is InChI=1S/C26H22N6O3/c1-34-17-8-3-14(4-9-17)13-16-7-12-19-20(15-5-10-18(35-2)11-6-15)21-23(28-22(16)19)29-26-31-30-25(27)32(26)24(21)33/h3-6,8-11,13H,7,12H2,1-2H3,(H2,27,30)(H,28,29,31)/b16-13+. The Morgan fingerprint density at radius 3 is 2.34 bits per heavy atom. The minimum absolute atomic E-state index is 0.0562. The van der Waals surface area contributed by atoms with E-state index in [9.17, 15) is 4.79 Å². The molecule has 0 aliphatic heterocycles. The number of H-pyrrole nitrogens is 1. The van der Waals surface area contributed by atoms with E-state index in [0.717, 1.165) is 57.9 Å². The molecule has 9 heteroatoms. The van der Waals surface area contributed by atoms with Gasteiger partial charge in [-0.1, -0.05) is 24.3 Å². The number of hydrogen-bond donors (Lipinski definition) is 2. The van der Waals surface area contributed by atoms with Crippen LogP contribution in [0.4, 0.5) is 5.95 Å². The maximum absolute atomic E-state index is 13.6. The lowest BCUT2D eigenvalue weighted by Crippen LogP contribution is -2.18. The summed E-state index contributed by atoms with van der Waals surface area (Å²) in [7, 11) is 3.27. The first-order valence-corrected chi connectivity index (χ1v) is 11.2. The van der Waals surface area contributed by atoms with Gasteiger partial charge in [0.2, 0.25) is 11.7 Å². The molecule has 0 amide bonds. The Bertz CT molecular complexity index is 1680.